The SMILES string of the molecule is CN[C@H](Cc1ccccc1)c1nnc(C(N)=O)o1. The molecule has 0 saturated heterocycles. The summed E-state index contributed by atoms with van der Waals surface area (Å²) in [4.78, 5) is 10.9. The Morgan fingerprint density at radius 2 is 2.11 bits per heavy atom. The fourth-order valence-electron chi connectivity index (χ4n) is 1.64. The number of benzene rings is 1. The molecule has 1 aromatic carbocycles. The second-order valence-electron chi connectivity index (χ2n) is 3.84. The van der Waals surface area contributed by atoms with Crippen molar-refractivity contribution in [2.75, 3.05) is 7.05 Å². The van der Waals surface area contributed by atoms with E-state index in [1.54, 1.807) is 7.05 Å². The van der Waals surface area contributed by atoms with Gasteiger partial charge in [-0.1, -0.05) is 30.3 Å². The van der Waals surface area contributed by atoms with Crippen LogP contribution in [0, 0.1) is 0 Å². The summed E-state index contributed by atoms with van der Waals surface area (Å²) in [5.74, 6) is -0.531. The Labute approximate surface area is 104 Å². The standard InChI is InChI=1S/C12H14N4O2/c1-14-9(7-8-5-3-2-4-6-8)11-15-16-12(18-11)10(13)17/h2-6,9,14H,7H2,1H3,(H2,13,17)/t9-/m1/s1. The minimum atomic E-state index is -0.719. The normalized spacial score (nSPS) is 12.3. The third kappa shape index (κ3) is 2.72. The van der Waals surface area contributed by atoms with E-state index in [9.17, 15) is 4.79 Å². The molecule has 0 saturated carbocycles. The fourth-order valence-corrected chi connectivity index (χ4v) is 1.64. The Kier molecular flexibility index (Phi) is 3.69. The Bertz CT molecular complexity index is 524. The Hall–Kier alpha value is -2.21. The number of aromatic nitrogens is 2. The van der Waals surface area contributed by atoms with Crippen LogP contribution >= 0.6 is 0 Å². The van der Waals surface area contributed by atoms with Crippen molar-refractivity contribution in [3.63, 3.8) is 0 Å². The molecule has 0 bridgehead atoms. The van der Waals surface area contributed by atoms with Gasteiger partial charge in [0.1, 0.15) is 0 Å². The predicted octanol–water partition coefficient (Wildman–Crippen LogP) is 0.672. The van der Waals surface area contributed by atoms with Gasteiger partial charge < -0.3 is 15.5 Å². The number of primary amides is 1. The molecule has 1 atom stereocenters. The van der Waals surface area contributed by atoms with Crippen molar-refractivity contribution < 1.29 is 9.21 Å². The fraction of sp³-hybridized carbons (Fsp3) is 0.250. The molecule has 1 amide bonds. The average Bonchev–Trinajstić information content (AvgIpc) is 2.87. The van der Waals surface area contributed by atoms with E-state index < -0.39 is 5.91 Å². The molecular formula is C12H14N4O2. The molecule has 0 unspecified atom stereocenters. The summed E-state index contributed by atoms with van der Waals surface area (Å²) in [5.41, 5.74) is 6.20. The van der Waals surface area contributed by atoms with Gasteiger partial charge in [-0.05, 0) is 19.0 Å². The van der Waals surface area contributed by atoms with Crippen molar-refractivity contribution >= 4 is 5.91 Å². The maximum absolute atomic E-state index is 10.9. The summed E-state index contributed by atoms with van der Waals surface area (Å²) in [6, 6.07) is 9.75. The molecule has 0 aliphatic rings. The highest BCUT2D eigenvalue weighted by molar-refractivity contribution is 5.87. The maximum Gasteiger partial charge on any atom is 0.306 e. The van der Waals surface area contributed by atoms with Gasteiger partial charge in [0, 0.05) is 0 Å². The molecule has 2 rings (SSSR count). The number of hydrogen-bond acceptors (Lipinski definition) is 5. The number of nitrogens with zero attached hydrogens (tertiary/aromatic N) is 2. The molecule has 0 fully saturated rings. The molecule has 0 radical (unpaired) electrons. The van der Waals surface area contributed by atoms with Crippen LogP contribution in [0.5, 0.6) is 0 Å². The van der Waals surface area contributed by atoms with E-state index >= 15 is 0 Å². The monoisotopic (exact) mass is 246 g/mol. The van der Waals surface area contributed by atoms with Gasteiger partial charge in [-0.3, -0.25) is 4.79 Å². The highest BCUT2D eigenvalue weighted by Gasteiger charge is 2.19. The third-order valence-corrected chi connectivity index (χ3v) is 2.58. The summed E-state index contributed by atoms with van der Waals surface area (Å²) < 4.78 is 5.21. The van der Waals surface area contributed by atoms with Crippen LogP contribution in [0.15, 0.2) is 34.7 Å². The molecular weight excluding hydrogens is 232 g/mol. The summed E-state index contributed by atoms with van der Waals surface area (Å²) in [5, 5.41) is 10.5. The number of nitrogens with two attached hydrogens (primary N) is 1. The third-order valence-electron chi connectivity index (χ3n) is 2.58. The molecule has 6 nitrogen and oxygen atoms in total. The van der Waals surface area contributed by atoms with Gasteiger partial charge in [0.15, 0.2) is 0 Å². The molecule has 2 aromatic rings. The van der Waals surface area contributed by atoms with Crippen LogP contribution in [0.1, 0.15) is 28.2 Å². The highest BCUT2D eigenvalue weighted by Crippen LogP contribution is 2.16. The molecule has 3 N–H and O–H groups in total. The van der Waals surface area contributed by atoms with Gasteiger partial charge in [-0.25, -0.2) is 0 Å². The van der Waals surface area contributed by atoms with E-state index in [-0.39, 0.29) is 11.9 Å². The minimum Gasteiger partial charge on any atom is -0.415 e. The van der Waals surface area contributed by atoms with Gasteiger partial charge in [0.2, 0.25) is 5.89 Å². The van der Waals surface area contributed by atoms with E-state index in [0.717, 1.165) is 5.56 Å². The highest BCUT2D eigenvalue weighted by atomic mass is 16.4. The summed E-state index contributed by atoms with van der Waals surface area (Å²) in [6.45, 7) is 0. The predicted molar refractivity (Wildman–Crippen MR) is 64.8 cm³/mol. The van der Waals surface area contributed by atoms with Crippen molar-refractivity contribution in [2.24, 2.45) is 5.73 Å². The Balaban J connectivity index is 2.15. The Morgan fingerprint density at radius 1 is 1.39 bits per heavy atom. The molecule has 18 heavy (non-hydrogen) atoms. The van der Waals surface area contributed by atoms with Crippen LogP contribution in [0.3, 0.4) is 0 Å². The number of carbonyl (C=O) groups is 1. The topological polar surface area (TPSA) is 94.0 Å². The minimum absolute atomic E-state index is 0.145. The smallest absolute Gasteiger partial charge is 0.306 e. The number of hydrogen-bond donors (Lipinski definition) is 2. The number of likely N-dealkylation sites (N-methyl/N-ethyl adjacent to an activating group) is 1. The van der Waals surface area contributed by atoms with Crippen LogP contribution in [-0.4, -0.2) is 23.2 Å². The molecule has 0 aliphatic carbocycles. The number of nitrogens with one attached hydrogen (secondary N) is 1. The molecule has 1 aromatic heterocycles. The second kappa shape index (κ2) is 5.42. The quantitative estimate of drug-likeness (QED) is 0.808. The summed E-state index contributed by atoms with van der Waals surface area (Å²) in [6.07, 6.45) is 0.692. The lowest BCUT2D eigenvalue weighted by molar-refractivity contribution is 0.0964. The van der Waals surface area contributed by atoms with Crippen molar-refractivity contribution in [3.8, 4) is 0 Å². The molecule has 0 aliphatic heterocycles. The number of amides is 1. The summed E-state index contributed by atoms with van der Waals surface area (Å²) >= 11 is 0. The van der Waals surface area contributed by atoms with Crippen LogP contribution in [-0.2, 0) is 6.42 Å². The van der Waals surface area contributed by atoms with Gasteiger partial charge in [0.25, 0.3) is 0 Å². The lowest BCUT2D eigenvalue weighted by Gasteiger charge is -2.11. The van der Waals surface area contributed by atoms with E-state index in [2.05, 4.69) is 15.5 Å². The maximum atomic E-state index is 10.9. The number of carbonyl (C=O) groups excluding carboxylic acids is 1. The lowest BCUT2D eigenvalue weighted by Crippen LogP contribution is -2.19. The van der Waals surface area contributed by atoms with E-state index in [4.69, 9.17) is 10.2 Å². The van der Waals surface area contributed by atoms with Gasteiger partial charge in [-0.15, -0.1) is 10.2 Å². The first-order chi connectivity index (χ1) is 8.70. The summed E-state index contributed by atoms with van der Waals surface area (Å²) in [7, 11) is 1.79. The van der Waals surface area contributed by atoms with Crippen LogP contribution < -0.4 is 11.1 Å². The van der Waals surface area contributed by atoms with E-state index in [1.165, 1.54) is 0 Å². The van der Waals surface area contributed by atoms with Crippen LogP contribution in [0.25, 0.3) is 0 Å². The van der Waals surface area contributed by atoms with Gasteiger partial charge in [-0.2, -0.15) is 0 Å². The van der Waals surface area contributed by atoms with Crippen molar-refractivity contribution in [1.82, 2.24) is 15.5 Å². The van der Waals surface area contributed by atoms with E-state index in [0.29, 0.717) is 12.3 Å². The largest absolute Gasteiger partial charge is 0.415 e. The molecule has 0 spiro atoms. The van der Waals surface area contributed by atoms with Crippen molar-refractivity contribution in [1.29, 1.82) is 0 Å². The zero-order chi connectivity index (χ0) is 13.0. The van der Waals surface area contributed by atoms with Crippen molar-refractivity contribution in [2.45, 2.75) is 12.5 Å². The first kappa shape index (κ1) is 12.3. The van der Waals surface area contributed by atoms with Crippen LogP contribution in [0.2, 0.25) is 0 Å². The lowest BCUT2D eigenvalue weighted by atomic mass is 10.1. The molecule has 94 valence electrons. The van der Waals surface area contributed by atoms with Gasteiger partial charge >= 0.3 is 11.8 Å². The zero-order valence-corrected chi connectivity index (χ0v) is 9.96. The zero-order valence-electron chi connectivity index (χ0n) is 9.96. The first-order valence-electron chi connectivity index (χ1n) is 5.55. The second-order valence-corrected chi connectivity index (χ2v) is 3.84. The van der Waals surface area contributed by atoms with E-state index in [1.807, 2.05) is 30.3 Å². The van der Waals surface area contributed by atoms with Gasteiger partial charge in [0.05, 0.1) is 6.04 Å². The van der Waals surface area contributed by atoms with Crippen LogP contribution in [0.4, 0.5) is 0 Å². The first-order valence-corrected chi connectivity index (χ1v) is 5.55. The van der Waals surface area contributed by atoms with Crippen molar-refractivity contribution in [3.05, 3.63) is 47.7 Å². The number of rotatable bonds is 5. The molecule has 1 heterocycles. The molecule has 6 heteroatoms. The average molecular weight is 246 g/mol. The Morgan fingerprint density at radius 3 is 2.67 bits per heavy atom.